The van der Waals surface area contributed by atoms with Gasteiger partial charge >= 0.3 is 0 Å². The zero-order valence-corrected chi connectivity index (χ0v) is 10.9. The highest BCUT2D eigenvalue weighted by atomic mass is 16.6. The Morgan fingerprint density at radius 2 is 2.00 bits per heavy atom. The Balaban J connectivity index is 2.76. The summed E-state index contributed by atoms with van der Waals surface area (Å²) in [5.41, 5.74) is 2.47. The smallest absolute Gasteiger partial charge is 0.276 e. The molecule has 0 aliphatic carbocycles. The molecule has 4 N–H and O–H groups in total. The van der Waals surface area contributed by atoms with Crippen LogP contribution in [0.3, 0.4) is 0 Å². The van der Waals surface area contributed by atoms with Crippen molar-refractivity contribution in [3.05, 3.63) is 22.2 Å². The second kappa shape index (κ2) is 5.63. The molecule has 0 saturated carbocycles. The summed E-state index contributed by atoms with van der Waals surface area (Å²) >= 11 is 0. The zero-order valence-electron chi connectivity index (χ0n) is 10.9. The molecule has 0 unspecified atom stereocenters. The van der Waals surface area contributed by atoms with Crippen LogP contribution in [0, 0.1) is 15.5 Å². The van der Waals surface area contributed by atoms with Gasteiger partial charge in [0.15, 0.2) is 0 Å². The summed E-state index contributed by atoms with van der Waals surface area (Å²) in [6.45, 7) is 7.08. The van der Waals surface area contributed by atoms with Gasteiger partial charge in [-0.2, -0.15) is 0 Å². The maximum Gasteiger partial charge on any atom is 0.276 e. The van der Waals surface area contributed by atoms with Crippen molar-refractivity contribution in [1.82, 2.24) is 4.98 Å². The number of rotatable bonds is 5. The molecule has 1 rings (SSSR count). The number of aromatic nitrogens is 1. The van der Waals surface area contributed by atoms with Crippen LogP contribution in [0.5, 0.6) is 0 Å². The van der Waals surface area contributed by atoms with E-state index in [1.165, 1.54) is 12.1 Å². The van der Waals surface area contributed by atoms with Crippen LogP contribution in [0.25, 0.3) is 0 Å². The van der Waals surface area contributed by atoms with Gasteiger partial charge in [0.1, 0.15) is 11.6 Å². The standard InChI is InChI=1S/C11H19N5O2/c1-11(2,3)4-5-13-9-6-8(16(17)18)7-10(14-9)15-12/h6-7H,4-5,12H2,1-3H3,(H2,13,14,15). The number of nitrogen functional groups attached to an aromatic ring is 1. The number of nitrogens with zero attached hydrogens (tertiary/aromatic N) is 2. The molecular weight excluding hydrogens is 234 g/mol. The van der Waals surface area contributed by atoms with Crippen molar-refractivity contribution in [2.24, 2.45) is 11.3 Å². The molecule has 0 atom stereocenters. The summed E-state index contributed by atoms with van der Waals surface area (Å²) in [5.74, 6) is 5.93. The normalized spacial score (nSPS) is 11.1. The number of anilines is 2. The quantitative estimate of drug-likeness (QED) is 0.421. The third kappa shape index (κ3) is 4.54. The highest BCUT2D eigenvalue weighted by molar-refractivity contribution is 5.54. The van der Waals surface area contributed by atoms with Crippen molar-refractivity contribution >= 4 is 17.3 Å². The van der Waals surface area contributed by atoms with Gasteiger partial charge in [-0.05, 0) is 11.8 Å². The lowest BCUT2D eigenvalue weighted by atomic mass is 9.92. The second-order valence-corrected chi connectivity index (χ2v) is 5.23. The van der Waals surface area contributed by atoms with Crippen molar-refractivity contribution in [3.63, 3.8) is 0 Å². The van der Waals surface area contributed by atoms with Crippen LogP contribution < -0.4 is 16.6 Å². The van der Waals surface area contributed by atoms with E-state index in [9.17, 15) is 10.1 Å². The second-order valence-electron chi connectivity index (χ2n) is 5.23. The van der Waals surface area contributed by atoms with E-state index in [2.05, 4.69) is 36.5 Å². The molecule has 1 aromatic rings. The van der Waals surface area contributed by atoms with E-state index in [1.54, 1.807) is 0 Å². The van der Waals surface area contributed by atoms with E-state index in [1.807, 2.05) is 0 Å². The first-order chi connectivity index (χ1) is 8.31. The fraction of sp³-hybridized carbons (Fsp3) is 0.545. The molecule has 100 valence electrons. The molecular formula is C11H19N5O2. The third-order valence-corrected chi connectivity index (χ3v) is 2.35. The summed E-state index contributed by atoms with van der Waals surface area (Å²) < 4.78 is 0. The van der Waals surface area contributed by atoms with Crippen LogP contribution in [-0.2, 0) is 0 Å². The van der Waals surface area contributed by atoms with Crippen LogP contribution in [0.15, 0.2) is 12.1 Å². The molecule has 0 aliphatic rings. The predicted octanol–water partition coefficient (Wildman–Crippen LogP) is 2.12. The Kier molecular flexibility index (Phi) is 4.43. The molecule has 0 radical (unpaired) electrons. The lowest BCUT2D eigenvalue weighted by molar-refractivity contribution is -0.384. The molecule has 0 aromatic carbocycles. The first kappa shape index (κ1) is 14.2. The van der Waals surface area contributed by atoms with Crippen LogP contribution in [0.1, 0.15) is 27.2 Å². The Bertz CT molecular complexity index is 428. The van der Waals surface area contributed by atoms with Gasteiger partial charge in [0.25, 0.3) is 5.69 Å². The number of hydrogen-bond acceptors (Lipinski definition) is 6. The van der Waals surface area contributed by atoms with Crippen LogP contribution >= 0.6 is 0 Å². The van der Waals surface area contributed by atoms with E-state index in [0.717, 1.165) is 6.42 Å². The van der Waals surface area contributed by atoms with Crippen molar-refractivity contribution in [3.8, 4) is 0 Å². The van der Waals surface area contributed by atoms with E-state index >= 15 is 0 Å². The summed E-state index contributed by atoms with van der Waals surface area (Å²) in [7, 11) is 0. The van der Waals surface area contributed by atoms with Crippen molar-refractivity contribution in [2.75, 3.05) is 17.3 Å². The van der Waals surface area contributed by atoms with Crippen molar-refractivity contribution in [2.45, 2.75) is 27.2 Å². The minimum absolute atomic E-state index is 0.0452. The van der Waals surface area contributed by atoms with E-state index in [-0.39, 0.29) is 16.9 Å². The largest absolute Gasteiger partial charge is 0.370 e. The molecule has 0 fully saturated rings. The molecule has 1 aromatic heterocycles. The number of nitrogens with two attached hydrogens (primary N) is 1. The van der Waals surface area contributed by atoms with Gasteiger partial charge in [-0.15, -0.1) is 0 Å². The average molecular weight is 253 g/mol. The topological polar surface area (TPSA) is 106 Å². The van der Waals surface area contributed by atoms with Gasteiger partial charge in [-0.3, -0.25) is 10.1 Å². The van der Waals surface area contributed by atoms with Gasteiger partial charge < -0.3 is 10.7 Å². The minimum atomic E-state index is -0.475. The lowest BCUT2D eigenvalue weighted by Gasteiger charge is -2.18. The Morgan fingerprint density at radius 3 is 2.50 bits per heavy atom. The third-order valence-electron chi connectivity index (χ3n) is 2.35. The van der Waals surface area contributed by atoms with Gasteiger partial charge in [0, 0.05) is 6.54 Å². The SMILES string of the molecule is CC(C)(C)CCNc1cc([N+](=O)[O-])cc(NN)n1. The zero-order chi connectivity index (χ0) is 13.8. The van der Waals surface area contributed by atoms with Crippen molar-refractivity contribution < 1.29 is 4.92 Å². The first-order valence-corrected chi connectivity index (χ1v) is 5.69. The van der Waals surface area contributed by atoms with Crippen LogP contribution in [0.2, 0.25) is 0 Å². The van der Waals surface area contributed by atoms with Gasteiger partial charge in [0.05, 0.1) is 17.1 Å². The van der Waals surface area contributed by atoms with Gasteiger partial charge in [-0.1, -0.05) is 20.8 Å². The number of pyridine rings is 1. The molecule has 7 nitrogen and oxygen atoms in total. The van der Waals surface area contributed by atoms with E-state index < -0.39 is 4.92 Å². The Hall–Kier alpha value is -1.89. The molecule has 0 amide bonds. The van der Waals surface area contributed by atoms with Gasteiger partial charge in [0.2, 0.25) is 0 Å². The average Bonchev–Trinajstić information content (AvgIpc) is 2.26. The predicted molar refractivity (Wildman–Crippen MR) is 71.3 cm³/mol. The first-order valence-electron chi connectivity index (χ1n) is 5.69. The molecule has 0 saturated heterocycles. The fourth-order valence-electron chi connectivity index (χ4n) is 1.35. The maximum atomic E-state index is 10.7. The number of nitrogens with one attached hydrogen (secondary N) is 2. The minimum Gasteiger partial charge on any atom is -0.370 e. The number of nitro groups is 1. The Labute approximate surface area is 106 Å². The molecule has 18 heavy (non-hydrogen) atoms. The molecule has 0 bridgehead atoms. The monoisotopic (exact) mass is 253 g/mol. The maximum absolute atomic E-state index is 10.7. The van der Waals surface area contributed by atoms with Crippen LogP contribution in [-0.4, -0.2) is 16.5 Å². The summed E-state index contributed by atoms with van der Waals surface area (Å²) in [4.78, 5) is 14.4. The van der Waals surface area contributed by atoms with E-state index in [0.29, 0.717) is 12.4 Å². The molecule has 0 spiro atoms. The van der Waals surface area contributed by atoms with E-state index in [4.69, 9.17) is 5.84 Å². The lowest BCUT2D eigenvalue weighted by Crippen LogP contribution is -2.15. The number of hydrogen-bond donors (Lipinski definition) is 3. The summed E-state index contributed by atoms with van der Waals surface area (Å²) in [6, 6.07) is 2.68. The molecule has 1 heterocycles. The fourth-order valence-corrected chi connectivity index (χ4v) is 1.35. The van der Waals surface area contributed by atoms with Crippen LogP contribution in [0.4, 0.5) is 17.3 Å². The van der Waals surface area contributed by atoms with Crippen molar-refractivity contribution in [1.29, 1.82) is 0 Å². The summed E-state index contributed by atoms with van der Waals surface area (Å²) in [6.07, 6.45) is 0.933. The summed E-state index contributed by atoms with van der Waals surface area (Å²) in [5, 5.41) is 13.8. The molecule has 0 aliphatic heterocycles. The highest BCUT2D eigenvalue weighted by Crippen LogP contribution is 2.22. The number of hydrazine groups is 1. The highest BCUT2D eigenvalue weighted by Gasteiger charge is 2.12. The molecule has 7 heteroatoms. The van der Waals surface area contributed by atoms with Gasteiger partial charge in [-0.25, -0.2) is 10.8 Å². The Morgan fingerprint density at radius 1 is 1.39 bits per heavy atom.